The number of rotatable bonds is 3. The van der Waals surface area contributed by atoms with E-state index in [4.69, 9.17) is 5.73 Å². The number of hydrogen-bond donors (Lipinski definition) is 3. The van der Waals surface area contributed by atoms with Crippen LogP contribution in [0, 0.1) is 0 Å². The van der Waals surface area contributed by atoms with Crippen LogP contribution in [0.2, 0.25) is 0 Å². The number of amides is 2. The fourth-order valence-corrected chi connectivity index (χ4v) is 3.31. The lowest BCUT2D eigenvalue weighted by atomic mass is 10.1. The number of benzene rings is 2. The molecule has 120 valence electrons. The molecule has 0 bridgehead atoms. The zero-order chi connectivity index (χ0) is 16.5. The zero-order valence-corrected chi connectivity index (χ0v) is 13.1. The number of carbonyl (C=O) groups is 1. The van der Waals surface area contributed by atoms with Crippen LogP contribution in [-0.2, 0) is 6.42 Å². The van der Waals surface area contributed by atoms with Crippen molar-refractivity contribution in [3.63, 3.8) is 0 Å². The molecule has 0 fully saturated rings. The number of aromatic nitrogens is 1. The summed E-state index contributed by atoms with van der Waals surface area (Å²) in [4.78, 5) is 15.6. The number of pyridine rings is 1. The Balaban J connectivity index is 1.58. The average molecular weight is 318 g/mol. The molecule has 0 saturated carbocycles. The van der Waals surface area contributed by atoms with Gasteiger partial charge in [0.2, 0.25) is 0 Å². The Morgan fingerprint density at radius 2 is 2.00 bits per heavy atom. The van der Waals surface area contributed by atoms with Crippen LogP contribution >= 0.6 is 0 Å². The van der Waals surface area contributed by atoms with E-state index in [1.54, 1.807) is 6.07 Å². The van der Waals surface area contributed by atoms with Gasteiger partial charge < -0.3 is 16.4 Å². The summed E-state index contributed by atoms with van der Waals surface area (Å²) in [6.07, 6.45) is 2.18. The van der Waals surface area contributed by atoms with E-state index in [9.17, 15) is 4.79 Å². The molecule has 4 rings (SSSR count). The zero-order valence-electron chi connectivity index (χ0n) is 13.1. The van der Waals surface area contributed by atoms with Gasteiger partial charge in [-0.3, -0.25) is 0 Å². The molecule has 1 aliphatic carbocycles. The smallest absolute Gasteiger partial charge is 0.316 e. The molecule has 2 amide bonds. The van der Waals surface area contributed by atoms with Crippen molar-refractivity contribution in [3.8, 4) is 0 Å². The number of hydrogen-bond acceptors (Lipinski definition) is 3. The van der Waals surface area contributed by atoms with E-state index in [2.05, 4.69) is 39.9 Å². The van der Waals surface area contributed by atoms with Crippen molar-refractivity contribution in [1.29, 1.82) is 0 Å². The summed E-state index contributed by atoms with van der Waals surface area (Å²) in [5, 5.41) is 7.07. The molecule has 5 nitrogen and oxygen atoms in total. The fourth-order valence-electron chi connectivity index (χ4n) is 3.31. The quantitative estimate of drug-likeness (QED) is 0.686. The van der Waals surface area contributed by atoms with Crippen LogP contribution in [0.1, 0.15) is 23.6 Å². The van der Waals surface area contributed by atoms with Crippen molar-refractivity contribution in [2.24, 2.45) is 5.73 Å². The van der Waals surface area contributed by atoms with Gasteiger partial charge in [-0.25, -0.2) is 9.78 Å². The van der Waals surface area contributed by atoms with E-state index in [1.165, 1.54) is 11.1 Å². The number of urea groups is 1. The maximum absolute atomic E-state index is 10.9. The molecule has 1 aliphatic rings. The number of nitrogens with two attached hydrogens (primary N) is 1. The molecule has 0 aliphatic heterocycles. The van der Waals surface area contributed by atoms with Crippen molar-refractivity contribution >= 4 is 28.4 Å². The minimum absolute atomic E-state index is 0.307. The van der Waals surface area contributed by atoms with Gasteiger partial charge in [0.05, 0.1) is 11.6 Å². The van der Waals surface area contributed by atoms with Crippen molar-refractivity contribution in [2.75, 3.05) is 10.6 Å². The summed E-state index contributed by atoms with van der Waals surface area (Å²) < 4.78 is 0. The summed E-state index contributed by atoms with van der Waals surface area (Å²) >= 11 is 0. The van der Waals surface area contributed by atoms with Crippen LogP contribution in [-0.4, -0.2) is 11.0 Å². The van der Waals surface area contributed by atoms with Crippen molar-refractivity contribution < 1.29 is 4.79 Å². The number of carbonyl (C=O) groups excluding carboxylic acids is 1. The molecule has 1 atom stereocenters. The number of nitrogens with one attached hydrogen (secondary N) is 2. The highest BCUT2D eigenvalue weighted by molar-refractivity contribution is 5.92. The number of aryl methyl sites for hydroxylation is 1. The topological polar surface area (TPSA) is 80.0 Å². The monoisotopic (exact) mass is 318 g/mol. The Morgan fingerprint density at radius 3 is 2.88 bits per heavy atom. The van der Waals surface area contributed by atoms with Gasteiger partial charge in [0.1, 0.15) is 5.82 Å². The van der Waals surface area contributed by atoms with Gasteiger partial charge in [-0.1, -0.05) is 24.3 Å². The number of fused-ring (bicyclic) bond motifs is 2. The molecule has 0 spiro atoms. The van der Waals surface area contributed by atoms with E-state index < -0.39 is 6.03 Å². The van der Waals surface area contributed by atoms with Crippen molar-refractivity contribution in [2.45, 2.75) is 18.9 Å². The van der Waals surface area contributed by atoms with Crippen molar-refractivity contribution in [3.05, 3.63) is 65.7 Å². The average Bonchev–Trinajstić information content (AvgIpc) is 2.98. The molecule has 3 aromatic rings. The van der Waals surface area contributed by atoms with E-state index in [0.29, 0.717) is 11.7 Å². The van der Waals surface area contributed by atoms with Gasteiger partial charge >= 0.3 is 6.03 Å². The second-order valence-electron chi connectivity index (χ2n) is 6.03. The van der Waals surface area contributed by atoms with Crippen LogP contribution in [0.15, 0.2) is 54.6 Å². The first kappa shape index (κ1) is 14.5. The van der Waals surface area contributed by atoms with E-state index in [0.717, 1.165) is 29.6 Å². The minimum Gasteiger partial charge on any atom is -0.363 e. The standard InChI is InChI=1S/C19H18N4O/c20-19(24)21-14-7-9-16-13(11-14)6-10-18(22-16)23-17-8-5-12-3-1-2-4-15(12)17/h1-4,6-7,9-11,17H,5,8H2,(H,22,23)(H3,20,21,24). The first-order chi connectivity index (χ1) is 11.7. The molecule has 1 aromatic heterocycles. The van der Waals surface area contributed by atoms with Crippen LogP contribution in [0.3, 0.4) is 0 Å². The van der Waals surface area contributed by atoms with Gasteiger partial charge in [0, 0.05) is 11.1 Å². The largest absolute Gasteiger partial charge is 0.363 e. The Morgan fingerprint density at radius 1 is 1.12 bits per heavy atom. The van der Waals surface area contributed by atoms with Gasteiger partial charge in [0.15, 0.2) is 0 Å². The SMILES string of the molecule is NC(=O)Nc1ccc2nc(NC3CCc4ccccc43)ccc2c1. The van der Waals surface area contributed by atoms with Gasteiger partial charge in [-0.2, -0.15) is 0 Å². The molecule has 1 heterocycles. The normalized spacial score (nSPS) is 15.9. The molecular formula is C19H18N4O. The molecular weight excluding hydrogens is 300 g/mol. The third-order valence-electron chi connectivity index (χ3n) is 4.41. The first-order valence-electron chi connectivity index (χ1n) is 8.01. The number of anilines is 2. The third kappa shape index (κ3) is 2.76. The Kier molecular flexibility index (Phi) is 3.54. The highest BCUT2D eigenvalue weighted by atomic mass is 16.2. The van der Waals surface area contributed by atoms with Crippen LogP contribution in [0.5, 0.6) is 0 Å². The van der Waals surface area contributed by atoms with Crippen LogP contribution in [0.25, 0.3) is 10.9 Å². The van der Waals surface area contributed by atoms with Crippen LogP contribution in [0.4, 0.5) is 16.3 Å². The Hall–Kier alpha value is -3.08. The summed E-state index contributed by atoms with van der Waals surface area (Å²) in [7, 11) is 0. The van der Waals surface area contributed by atoms with E-state index >= 15 is 0 Å². The summed E-state index contributed by atoms with van der Waals surface area (Å²) in [6, 6.07) is 17.8. The highest BCUT2D eigenvalue weighted by Crippen LogP contribution is 2.33. The maximum atomic E-state index is 10.9. The second kappa shape index (κ2) is 5.85. The summed E-state index contributed by atoms with van der Waals surface area (Å²) in [6.45, 7) is 0. The lowest BCUT2D eigenvalue weighted by Gasteiger charge is -2.15. The Labute approximate surface area is 139 Å². The number of nitrogens with zero attached hydrogens (tertiary/aromatic N) is 1. The predicted molar refractivity (Wildman–Crippen MR) is 96.1 cm³/mol. The summed E-state index contributed by atoms with van der Waals surface area (Å²) in [5.74, 6) is 0.861. The van der Waals surface area contributed by atoms with Gasteiger partial charge in [-0.05, 0) is 54.3 Å². The predicted octanol–water partition coefficient (Wildman–Crippen LogP) is 3.82. The molecule has 0 saturated heterocycles. The number of primary amides is 1. The minimum atomic E-state index is -0.569. The van der Waals surface area contributed by atoms with E-state index in [1.807, 2.05) is 24.3 Å². The van der Waals surface area contributed by atoms with Gasteiger partial charge in [0.25, 0.3) is 0 Å². The highest BCUT2D eigenvalue weighted by Gasteiger charge is 2.21. The molecule has 4 N–H and O–H groups in total. The maximum Gasteiger partial charge on any atom is 0.316 e. The van der Waals surface area contributed by atoms with Gasteiger partial charge in [-0.15, -0.1) is 0 Å². The van der Waals surface area contributed by atoms with Crippen LogP contribution < -0.4 is 16.4 Å². The lowest BCUT2D eigenvalue weighted by Crippen LogP contribution is -2.19. The fraction of sp³-hybridized carbons (Fsp3) is 0.158. The molecule has 24 heavy (non-hydrogen) atoms. The Bertz CT molecular complexity index is 922. The molecule has 0 radical (unpaired) electrons. The molecule has 5 heteroatoms. The summed E-state index contributed by atoms with van der Waals surface area (Å²) in [5.41, 5.74) is 9.47. The van der Waals surface area contributed by atoms with Crippen molar-refractivity contribution in [1.82, 2.24) is 4.98 Å². The second-order valence-corrected chi connectivity index (χ2v) is 6.03. The van der Waals surface area contributed by atoms with E-state index in [-0.39, 0.29) is 0 Å². The molecule has 2 aromatic carbocycles. The first-order valence-corrected chi connectivity index (χ1v) is 8.01. The molecule has 1 unspecified atom stereocenters. The lowest BCUT2D eigenvalue weighted by molar-refractivity contribution is 0.259. The third-order valence-corrected chi connectivity index (χ3v) is 4.41.